The number of aryl methyl sites for hydroxylation is 1. The van der Waals surface area contributed by atoms with Crippen LogP contribution in [0, 0.1) is 12.8 Å². The second kappa shape index (κ2) is 9.54. The average Bonchev–Trinajstić information content (AvgIpc) is 2.89. The van der Waals surface area contributed by atoms with Crippen LogP contribution in [0.5, 0.6) is 0 Å². The predicted molar refractivity (Wildman–Crippen MR) is 137 cm³/mol. The van der Waals surface area contributed by atoms with Crippen molar-refractivity contribution in [2.24, 2.45) is 5.92 Å². The van der Waals surface area contributed by atoms with Crippen LogP contribution >= 0.6 is 0 Å². The molecule has 0 unspecified atom stereocenters. The summed E-state index contributed by atoms with van der Waals surface area (Å²) in [6, 6.07) is 22.7. The van der Waals surface area contributed by atoms with Crippen molar-refractivity contribution in [2.75, 3.05) is 23.3 Å². The van der Waals surface area contributed by atoms with Crippen molar-refractivity contribution in [3.8, 4) is 11.3 Å². The van der Waals surface area contributed by atoms with Crippen LogP contribution in [0.1, 0.15) is 28.8 Å². The van der Waals surface area contributed by atoms with E-state index in [1.807, 2.05) is 24.3 Å². The van der Waals surface area contributed by atoms with Crippen molar-refractivity contribution in [1.29, 1.82) is 0 Å². The molecule has 3 aromatic carbocycles. The molecular formula is C28H26N4O3. The Hall–Kier alpha value is -4.26. The molecule has 0 bridgehead atoms. The van der Waals surface area contributed by atoms with E-state index < -0.39 is 5.97 Å². The topological polar surface area (TPSA) is 95.4 Å². The largest absolute Gasteiger partial charge is 0.478 e. The number of amides is 1. The fourth-order valence-corrected chi connectivity index (χ4v) is 4.50. The highest BCUT2D eigenvalue weighted by Crippen LogP contribution is 2.30. The van der Waals surface area contributed by atoms with Crippen molar-refractivity contribution in [3.63, 3.8) is 0 Å². The van der Waals surface area contributed by atoms with E-state index in [0.717, 1.165) is 27.7 Å². The number of carbonyl (C=O) groups excluding carboxylic acids is 1. The summed E-state index contributed by atoms with van der Waals surface area (Å²) in [6.45, 7) is 3.40. The SMILES string of the molecule is Cc1ccc2nc(N3CCC(C(=O)Nc4cccc(C(=O)O)c4)CC3)nc(-c3ccccc3)c2c1. The van der Waals surface area contributed by atoms with E-state index in [0.29, 0.717) is 37.6 Å². The van der Waals surface area contributed by atoms with Crippen molar-refractivity contribution >= 4 is 34.4 Å². The molecule has 35 heavy (non-hydrogen) atoms. The van der Waals surface area contributed by atoms with Gasteiger partial charge >= 0.3 is 5.97 Å². The Balaban J connectivity index is 1.34. The van der Waals surface area contributed by atoms with E-state index in [9.17, 15) is 14.7 Å². The van der Waals surface area contributed by atoms with Crippen molar-refractivity contribution in [3.05, 3.63) is 83.9 Å². The lowest BCUT2D eigenvalue weighted by Gasteiger charge is -2.31. The van der Waals surface area contributed by atoms with Gasteiger partial charge in [-0.3, -0.25) is 4.79 Å². The summed E-state index contributed by atoms with van der Waals surface area (Å²) in [4.78, 5) is 36.0. The highest BCUT2D eigenvalue weighted by molar-refractivity contribution is 5.95. The number of nitrogens with one attached hydrogen (secondary N) is 1. The van der Waals surface area contributed by atoms with Gasteiger partial charge in [0.25, 0.3) is 0 Å². The summed E-state index contributed by atoms with van der Waals surface area (Å²) >= 11 is 0. The zero-order valence-electron chi connectivity index (χ0n) is 19.4. The van der Waals surface area contributed by atoms with Crippen LogP contribution in [0.2, 0.25) is 0 Å². The number of benzene rings is 3. The summed E-state index contributed by atoms with van der Waals surface area (Å²) in [5.74, 6) is -0.591. The van der Waals surface area contributed by atoms with E-state index in [4.69, 9.17) is 9.97 Å². The summed E-state index contributed by atoms with van der Waals surface area (Å²) in [5, 5.41) is 13.1. The highest BCUT2D eigenvalue weighted by Gasteiger charge is 2.27. The lowest BCUT2D eigenvalue weighted by atomic mass is 9.96. The Morgan fingerprint density at radius 2 is 1.71 bits per heavy atom. The third-order valence-electron chi connectivity index (χ3n) is 6.41. The standard InChI is InChI=1S/C28H26N4O3/c1-18-10-11-24-23(16-18)25(19-6-3-2-4-7-19)31-28(30-24)32-14-12-20(13-15-32)26(33)29-22-9-5-8-21(17-22)27(34)35/h2-11,16-17,20H,12-15H2,1H3,(H,29,33)(H,34,35). The molecule has 4 aromatic rings. The Labute approximate surface area is 203 Å². The molecule has 1 fully saturated rings. The van der Waals surface area contributed by atoms with E-state index in [1.54, 1.807) is 12.1 Å². The number of carboxylic acids is 1. The number of rotatable bonds is 5. The number of fused-ring (bicyclic) bond motifs is 1. The maximum atomic E-state index is 12.8. The molecule has 1 aliphatic rings. The Kier molecular flexibility index (Phi) is 6.14. The van der Waals surface area contributed by atoms with Crippen LogP contribution in [0.25, 0.3) is 22.2 Å². The normalized spacial score (nSPS) is 14.1. The van der Waals surface area contributed by atoms with Gasteiger partial charge in [-0.25, -0.2) is 14.8 Å². The minimum Gasteiger partial charge on any atom is -0.478 e. The maximum absolute atomic E-state index is 12.8. The predicted octanol–water partition coefficient (Wildman–Crippen LogP) is 5.16. The van der Waals surface area contributed by atoms with Crippen LogP contribution in [-0.2, 0) is 4.79 Å². The fraction of sp³-hybridized carbons (Fsp3) is 0.214. The van der Waals surface area contributed by atoms with Gasteiger partial charge in [-0.2, -0.15) is 0 Å². The number of carboxylic acid groups (broad SMARTS) is 1. The molecule has 1 amide bonds. The lowest BCUT2D eigenvalue weighted by molar-refractivity contribution is -0.120. The number of anilines is 2. The van der Waals surface area contributed by atoms with Crippen LogP contribution in [0.4, 0.5) is 11.6 Å². The van der Waals surface area contributed by atoms with Crippen LogP contribution in [-0.4, -0.2) is 40.0 Å². The molecule has 2 heterocycles. The van der Waals surface area contributed by atoms with Crippen molar-refractivity contribution in [1.82, 2.24) is 9.97 Å². The first kappa shape index (κ1) is 22.5. The van der Waals surface area contributed by atoms with E-state index >= 15 is 0 Å². The molecular weight excluding hydrogens is 440 g/mol. The summed E-state index contributed by atoms with van der Waals surface area (Å²) in [6.07, 6.45) is 1.33. The number of hydrogen-bond acceptors (Lipinski definition) is 5. The quantitative estimate of drug-likeness (QED) is 0.422. The zero-order chi connectivity index (χ0) is 24.4. The molecule has 0 aliphatic carbocycles. The summed E-state index contributed by atoms with van der Waals surface area (Å²) in [5.41, 5.74) is 4.66. The molecule has 0 spiro atoms. The van der Waals surface area contributed by atoms with Crippen molar-refractivity contribution < 1.29 is 14.7 Å². The molecule has 1 aliphatic heterocycles. The number of carbonyl (C=O) groups is 2. The fourth-order valence-electron chi connectivity index (χ4n) is 4.50. The number of aromatic carboxylic acids is 1. The second-order valence-electron chi connectivity index (χ2n) is 8.90. The molecule has 176 valence electrons. The first-order valence-corrected chi connectivity index (χ1v) is 11.7. The minimum atomic E-state index is -1.02. The van der Waals surface area contributed by atoms with Gasteiger partial charge in [-0.1, -0.05) is 48.0 Å². The van der Waals surface area contributed by atoms with E-state index in [1.165, 1.54) is 12.1 Å². The molecule has 7 heteroatoms. The molecule has 2 N–H and O–H groups in total. The average molecular weight is 467 g/mol. The molecule has 1 aromatic heterocycles. The van der Waals surface area contributed by atoms with Gasteiger partial charge in [0.1, 0.15) is 0 Å². The summed E-state index contributed by atoms with van der Waals surface area (Å²) < 4.78 is 0. The van der Waals surface area contributed by atoms with E-state index in [-0.39, 0.29) is 17.4 Å². The van der Waals surface area contributed by atoms with Gasteiger partial charge in [0.15, 0.2) is 0 Å². The minimum absolute atomic E-state index is 0.0907. The van der Waals surface area contributed by atoms with Gasteiger partial charge in [0, 0.05) is 35.6 Å². The molecule has 0 atom stereocenters. The Bertz CT molecular complexity index is 1400. The molecule has 0 radical (unpaired) electrons. The van der Waals surface area contributed by atoms with Gasteiger partial charge < -0.3 is 15.3 Å². The Morgan fingerprint density at radius 3 is 2.46 bits per heavy atom. The lowest BCUT2D eigenvalue weighted by Crippen LogP contribution is -2.39. The number of hydrogen-bond donors (Lipinski definition) is 2. The number of nitrogens with zero attached hydrogens (tertiary/aromatic N) is 3. The highest BCUT2D eigenvalue weighted by atomic mass is 16.4. The van der Waals surface area contributed by atoms with Gasteiger partial charge in [-0.15, -0.1) is 0 Å². The van der Waals surface area contributed by atoms with E-state index in [2.05, 4.69) is 41.4 Å². The van der Waals surface area contributed by atoms with Crippen LogP contribution in [0.15, 0.2) is 72.8 Å². The molecule has 5 rings (SSSR count). The molecule has 1 saturated heterocycles. The number of piperidine rings is 1. The smallest absolute Gasteiger partial charge is 0.335 e. The monoisotopic (exact) mass is 466 g/mol. The summed E-state index contributed by atoms with van der Waals surface area (Å²) in [7, 11) is 0. The van der Waals surface area contributed by atoms with Gasteiger partial charge in [0.2, 0.25) is 11.9 Å². The maximum Gasteiger partial charge on any atom is 0.335 e. The first-order chi connectivity index (χ1) is 17.0. The third-order valence-corrected chi connectivity index (χ3v) is 6.41. The van der Waals surface area contributed by atoms with Crippen LogP contribution in [0.3, 0.4) is 0 Å². The first-order valence-electron chi connectivity index (χ1n) is 11.7. The van der Waals surface area contributed by atoms with Gasteiger partial charge in [0.05, 0.1) is 16.8 Å². The van der Waals surface area contributed by atoms with Crippen LogP contribution < -0.4 is 10.2 Å². The Morgan fingerprint density at radius 1 is 0.943 bits per heavy atom. The van der Waals surface area contributed by atoms with Gasteiger partial charge in [-0.05, 0) is 50.1 Å². The second-order valence-corrected chi connectivity index (χ2v) is 8.90. The van der Waals surface area contributed by atoms with Crippen molar-refractivity contribution in [2.45, 2.75) is 19.8 Å². The third kappa shape index (κ3) is 4.84. The molecule has 7 nitrogen and oxygen atoms in total. The zero-order valence-corrected chi connectivity index (χ0v) is 19.4. The molecule has 0 saturated carbocycles. The number of aromatic nitrogens is 2.